The van der Waals surface area contributed by atoms with Crippen molar-refractivity contribution in [1.82, 2.24) is 20.2 Å². The Morgan fingerprint density at radius 3 is 3.00 bits per heavy atom. The lowest BCUT2D eigenvalue weighted by atomic mass is 9.94. The van der Waals surface area contributed by atoms with Gasteiger partial charge in [0.05, 0.1) is 0 Å². The van der Waals surface area contributed by atoms with E-state index in [9.17, 15) is 4.79 Å². The first kappa shape index (κ1) is 13.0. The summed E-state index contributed by atoms with van der Waals surface area (Å²) in [5, 5.41) is 3.39. The average molecular weight is 248 g/mol. The van der Waals surface area contributed by atoms with Crippen LogP contribution < -0.4 is 5.32 Å². The van der Waals surface area contributed by atoms with Gasteiger partial charge in [-0.05, 0) is 44.3 Å². The van der Waals surface area contributed by atoms with Crippen LogP contribution in [0.2, 0.25) is 0 Å². The van der Waals surface area contributed by atoms with Crippen LogP contribution in [0.1, 0.15) is 29.0 Å². The second kappa shape index (κ2) is 5.91. The molecule has 1 fully saturated rings. The molecular formula is C13H20N4O. The van der Waals surface area contributed by atoms with Crippen LogP contribution in [0.15, 0.2) is 12.4 Å². The van der Waals surface area contributed by atoms with Crippen molar-refractivity contribution in [3.63, 3.8) is 0 Å². The average Bonchev–Trinajstić information content (AvgIpc) is 2.39. The lowest BCUT2D eigenvalue weighted by molar-refractivity contribution is 0.0821. The Morgan fingerprint density at radius 1 is 1.50 bits per heavy atom. The molecule has 1 amide bonds. The Balaban J connectivity index is 2.04. The molecule has 0 saturated carbocycles. The smallest absolute Gasteiger partial charge is 0.272 e. The standard InChI is InChI=1S/C13H20N4O/c1-17(2)13(18)12-7-11(15-9-16-12)6-10-4-3-5-14-8-10/h7,9-10,14H,3-6,8H2,1-2H3/t10-/m1/s1. The normalized spacial score (nSPS) is 19.6. The topological polar surface area (TPSA) is 58.1 Å². The quantitative estimate of drug-likeness (QED) is 0.856. The van der Waals surface area contributed by atoms with Gasteiger partial charge in [-0.3, -0.25) is 4.79 Å². The summed E-state index contributed by atoms with van der Waals surface area (Å²) in [4.78, 5) is 21.6. The first-order valence-electron chi connectivity index (χ1n) is 6.40. The van der Waals surface area contributed by atoms with Crippen molar-refractivity contribution in [2.75, 3.05) is 27.2 Å². The lowest BCUT2D eigenvalue weighted by Gasteiger charge is -2.22. The van der Waals surface area contributed by atoms with E-state index in [0.717, 1.165) is 25.2 Å². The maximum Gasteiger partial charge on any atom is 0.272 e. The summed E-state index contributed by atoms with van der Waals surface area (Å²) in [6.45, 7) is 2.16. The SMILES string of the molecule is CN(C)C(=O)c1cc(C[C@H]2CCCNC2)ncn1. The number of aromatic nitrogens is 2. The zero-order valence-corrected chi connectivity index (χ0v) is 11.0. The van der Waals surface area contributed by atoms with Crippen LogP contribution in [0.3, 0.4) is 0 Å². The van der Waals surface area contributed by atoms with Gasteiger partial charge in [-0.15, -0.1) is 0 Å². The summed E-state index contributed by atoms with van der Waals surface area (Å²) in [5.41, 5.74) is 1.44. The second-order valence-electron chi connectivity index (χ2n) is 5.01. The minimum atomic E-state index is -0.0691. The van der Waals surface area contributed by atoms with Crippen LogP contribution in [-0.4, -0.2) is 48.0 Å². The molecule has 1 aromatic rings. The molecule has 5 heteroatoms. The molecule has 2 rings (SSSR count). The van der Waals surface area contributed by atoms with E-state index in [4.69, 9.17) is 0 Å². The van der Waals surface area contributed by atoms with Gasteiger partial charge in [0, 0.05) is 19.8 Å². The minimum Gasteiger partial charge on any atom is -0.343 e. The lowest BCUT2D eigenvalue weighted by Crippen LogP contribution is -2.31. The van der Waals surface area contributed by atoms with Crippen molar-refractivity contribution in [3.05, 3.63) is 23.8 Å². The highest BCUT2D eigenvalue weighted by Gasteiger charge is 2.16. The van der Waals surface area contributed by atoms with Crippen molar-refractivity contribution in [3.8, 4) is 0 Å². The highest BCUT2D eigenvalue weighted by Crippen LogP contribution is 2.15. The van der Waals surface area contributed by atoms with Gasteiger partial charge in [0.1, 0.15) is 12.0 Å². The summed E-state index contributed by atoms with van der Waals surface area (Å²) in [6.07, 6.45) is 4.86. The van der Waals surface area contributed by atoms with Gasteiger partial charge >= 0.3 is 0 Å². The van der Waals surface area contributed by atoms with Gasteiger partial charge in [-0.2, -0.15) is 0 Å². The van der Waals surface area contributed by atoms with E-state index in [1.807, 2.05) is 6.07 Å². The number of amides is 1. The molecule has 0 unspecified atom stereocenters. The number of hydrogen-bond donors (Lipinski definition) is 1. The summed E-state index contributed by atoms with van der Waals surface area (Å²) >= 11 is 0. The zero-order valence-electron chi connectivity index (χ0n) is 11.0. The fraction of sp³-hybridized carbons (Fsp3) is 0.615. The molecule has 2 heterocycles. The molecule has 5 nitrogen and oxygen atoms in total. The van der Waals surface area contributed by atoms with Crippen LogP contribution >= 0.6 is 0 Å². The van der Waals surface area contributed by atoms with Gasteiger partial charge in [0.2, 0.25) is 0 Å². The molecule has 1 aliphatic rings. The third-order valence-corrected chi connectivity index (χ3v) is 3.25. The highest BCUT2D eigenvalue weighted by atomic mass is 16.2. The van der Waals surface area contributed by atoms with Gasteiger partial charge in [0.15, 0.2) is 0 Å². The largest absolute Gasteiger partial charge is 0.343 e. The van der Waals surface area contributed by atoms with Crippen molar-refractivity contribution >= 4 is 5.91 Å². The molecule has 0 radical (unpaired) electrons. The van der Waals surface area contributed by atoms with E-state index in [0.29, 0.717) is 11.6 Å². The number of piperidine rings is 1. The van der Waals surface area contributed by atoms with E-state index in [-0.39, 0.29) is 5.91 Å². The molecule has 1 saturated heterocycles. The predicted molar refractivity (Wildman–Crippen MR) is 69.3 cm³/mol. The third-order valence-electron chi connectivity index (χ3n) is 3.25. The first-order chi connectivity index (χ1) is 8.66. The van der Waals surface area contributed by atoms with Gasteiger partial charge in [-0.25, -0.2) is 9.97 Å². The van der Waals surface area contributed by atoms with Crippen molar-refractivity contribution in [1.29, 1.82) is 0 Å². The number of carbonyl (C=O) groups is 1. The Morgan fingerprint density at radius 2 is 2.33 bits per heavy atom. The Labute approximate surface area is 108 Å². The molecule has 0 aliphatic carbocycles. The highest BCUT2D eigenvalue weighted by molar-refractivity contribution is 5.91. The number of carbonyl (C=O) groups excluding carboxylic acids is 1. The Bertz CT molecular complexity index is 413. The van der Waals surface area contributed by atoms with Gasteiger partial charge in [-0.1, -0.05) is 0 Å². The summed E-state index contributed by atoms with van der Waals surface area (Å²) in [5.74, 6) is 0.552. The van der Waals surface area contributed by atoms with Gasteiger partial charge in [0.25, 0.3) is 5.91 Å². The van der Waals surface area contributed by atoms with Crippen molar-refractivity contribution in [2.24, 2.45) is 5.92 Å². The molecule has 0 aromatic carbocycles. The third kappa shape index (κ3) is 3.26. The van der Waals surface area contributed by atoms with E-state index in [1.165, 1.54) is 24.1 Å². The minimum absolute atomic E-state index is 0.0691. The molecule has 1 aromatic heterocycles. The van der Waals surface area contributed by atoms with E-state index in [2.05, 4.69) is 15.3 Å². The van der Waals surface area contributed by atoms with Crippen LogP contribution in [0.4, 0.5) is 0 Å². The fourth-order valence-electron chi connectivity index (χ4n) is 2.25. The first-order valence-corrected chi connectivity index (χ1v) is 6.40. The fourth-order valence-corrected chi connectivity index (χ4v) is 2.25. The Hall–Kier alpha value is -1.49. The summed E-state index contributed by atoms with van der Waals surface area (Å²) in [6, 6.07) is 1.82. The van der Waals surface area contributed by atoms with Gasteiger partial charge < -0.3 is 10.2 Å². The number of rotatable bonds is 3. The number of nitrogens with one attached hydrogen (secondary N) is 1. The Kier molecular flexibility index (Phi) is 4.25. The summed E-state index contributed by atoms with van der Waals surface area (Å²) < 4.78 is 0. The number of nitrogens with zero attached hydrogens (tertiary/aromatic N) is 3. The molecule has 1 aliphatic heterocycles. The summed E-state index contributed by atoms with van der Waals surface area (Å²) in [7, 11) is 3.46. The van der Waals surface area contributed by atoms with E-state index in [1.54, 1.807) is 14.1 Å². The van der Waals surface area contributed by atoms with E-state index >= 15 is 0 Å². The monoisotopic (exact) mass is 248 g/mol. The van der Waals surface area contributed by atoms with Crippen LogP contribution in [0, 0.1) is 5.92 Å². The predicted octanol–water partition coefficient (Wildman–Crippen LogP) is 0.720. The maximum atomic E-state index is 11.8. The van der Waals surface area contributed by atoms with Crippen molar-refractivity contribution in [2.45, 2.75) is 19.3 Å². The van der Waals surface area contributed by atoms with Crippen LogP contribution in [0.25, 0.3) is 0 Å². The molecule has 98 valence electrons. The second-order valence-corrected chi connectivity index (χ2v) is 5.01. The molecule has 18 heavy (non-hydrogen) atoms. The molecular weight excluding hydrogens is 228 g/mol. The van der Waals surface area contributed by atoms with Crippen LogP contribution in [0.5, 0.6) is 0 Å². The molecule has 1 atom stereocenters. The van der Waals surface area contributed by atoms with Crippen LogP contribution in [-0.2, 0) is 6.42 Å². The van der Waals surface area contributed by atoms with Crippen molar-refractivity contribution < 1.29 is 4.79 Å². The number of hydrogen-bond acceptors (Lipinski definition) is 4. The zero-order chi connectivity index (χ0) is 13.0. The molecule has 1 N–H and O–H groups in total. The molecule has 0 bridgehead atoms. The molecule has 0 spiro atoms. The maximum absolute atomic E-state index is 11.8. The van der Waals surface area contributed by atoms with E-state index < -0.39 is 0 Å².